The van der Waals surface area contributed by atoms with E-state index in [0.717, 1.165) is 16.9 Å². The van der Waals surface area contributed by atoms with Crippen LogP contribution in [0, 0.1) is 0 Å². The highest BCUT2D eigenvalue weighted by Crippen LogP contribution is 2.18. The van der Waals surface area contributed by atoms with E-state index in [1.807, 2.05) is 54.6 Å². The lowest BCUT2D eigenvalue weighted by atomic mass is 10.1. The van der Waals surface area contributed by atoms with Crippen LogP contribution in [0.25, 0.3) is 0 Å². The lowest BCUT2D eigenvalue weighted by Crippen LogP contribution is -2.23. The molecule has 124 valence electrons. The first-order valence-corrected chi connectivity index (χ1v) is 9.79. The van der Waals surface area contributed by atoms with Gasteiger partial charge >= 0.3 is 0 Å². The van der Waals surface area contributed by atoms with Crippen LogP contribution in [-0.2, 0) is 23.2 Å². The predicted molar refractivity (Wildman–Crippen MR) is 95.6 cm³/mol. The number of hydrogen-bond donors (Lipinski definition) is 1. The summed E-state index contributed by atoms with van der Waals surface area (Å²) in [5, 5.41) is 1.75. The largest absolute Gasteiger partial charge is 0.489 e. The van der Waals surface area contributed by atoms with Crippen molar-refractivity contribution in [3.63, 3.8) is 0 Å². The predicted octanol–water partition coefficient (Wildman–Crippen LogP) is 3.81. The van der Waals surface area contributed by atoms with Crippen molar-refractivity contribution in [3.8, 4) is 5.75 Å². The minimum absolute atomic E-state index is 0.231. The Balaban J connectivity index is 1.68. The first kappa shape index (κ1) is 16.7. The minimum Gasteiger partial charge on any atom is -0.489 e. The van der Waals surface area contributed by atoms with E-state index >= 15 is 0 Å². The molecule has 0 amide bonds. The standard InChI is InChI=1S/C18H17NO3S2/c20-24(21,18-11-6-12-23-18)19-13-15-7-4-5-8-16(15)14-22-17-9-2-1-3-10-17/h1-12,19H,13-14H2. The summed E-state index contributed by atoms with van der Waals surface area (Å²) in [7, 11) is -3.47. The molecule has 0 saturated carbocycles. The van der Waals surface area contributed by atoms with Crippen molar-refractivity contribution in [3.05, 3.63) is 83.2 Å². The third-order valence-electron chi connectivity index (χ3n) is 3.47. The van der Waals surface area contributed by atoms with Crippen LogP contribution in [0.4, 0.5) is 0 Å². The molecule has 3 rings (SSSR count). The molecule has 0 unspecified atom stereocenters. The van der Waals surface area contributed by atoms with Crippen molar-refractivity contribution in [1.29, 1.82) is 0 Å². The molecule has 2 aromatic carbocycles. The van der Waals surface area contributed by atoms with Crippen molar-refractivity contribution in [2.45, 2.75) is 17.4 Å². The van der Waals surface area contributed by atoms with Crippen LogP contribution in [0.5, 0.6) is 5.75 Å². The molecule has 0 aliphatic rings. The van der Waals surface area contributed by atoms with E-state index in [1.54, 1.807) is 17.5 Å². The lowest BCUT2D eigenvalue weighted by Gasteiger charge is -2.12. The molecule has 0 fully saturated rings. The summed E-state index contributed by atoms with van der Waals surface area (Å²) in [6.45, 7) is 0.621. The summed E-state index contributed by atoms with van der Waals surface area (Å²) in [6.07, 6.45) is 0. The van der Waals surface area contributed by atoms with Crippen LogP contribution in [0.15, 0.2) is 76.3 Å². The molecule has 0 radical (unpaired) electrons. The zero-order valence-electron chi connectivity index (χ0n) is 12.9. The number of sulfonamides is 1. The van der Waals surface area contributed by atoms with Crippen LogP contribution in [-0.4, -0.2) is 8.42 Å². The number of thiophene rings is 1. The maximum atomic E-state index is 12.2. The molecular formula is C18H17NO3S2. The molecule has 6 heteroatoms. The Morgan fingerprint density at radius 2 is 1.58 bits per heavy atom. The number of para-hydroxylation sites is 1. The summed E-state index contributed by atoms with van der Waals surface area (Å²) in [4.78, 5) is 0. The van der Waals surface area contributed by atoms with Crippen LogP contribution < -0.4 is 9.46 Å². The van der Waals surface area contributed by atoms with Gasteiger partial charge in [0.05, 0.1) is 0 Å². The first-order valence-electron chi connectivity index (χ1n) is 7.43. The summed E-state index contributed by atoms with van der Waals surface area (Å²) in [6, 6.07) is 20.5. The highest BCUT2D eigenvalue weighted by atomic mass is 32.2. The van der Waals surface area contributed by atoms with Gasteiger partial charge in [0.25, 0.3) is 0 Å². The molecule has 0 spiro atoms. The van der Waals surface area contributed by atoms with E-state index in [-0.39, 0.29) is 6.54 Å². The van der Waals surface area contributed by atoms with E-state index in [4.69, 9.17) is 4.74 Å². The van der Waals surface area contributed by atoms with Gasteiger partial charge in [-0.3, -0.25) is 0 Å². The monoisotopic (exact) mass is 359 g/mol. The maximum Gasteiger partial charge on any atom is 0.250 e. The van der Waals surface area contributed by atoms with Crippen molar-refractivity contribution < 1.29 is 13.2 Å². The number of benzene rings is 2. The topological polar surface area (TPSA) is 55.4 Å². The normalized spacial score (nSPS) is 11.3. The second kappa shape index (κ2) is 7.61. The van der Waals surface area contributed by atoms with Crippen molar-refractivity contribution in [2.75, 3.05) is 0 Å². The van der Waals surface area contributed by atoms with Crippen LogP contribution >= 0.6 is 11.3 Å². The van der Waals surface area contributed by atoms with E-state index in [2.05, 4.69) is 4.72 Å². The van der Waals surface area contributed by atoms with E-state index in [9.17, 15) is 8.42 Å². The molecule has 4 nitrogen and oxygen atoms in total. The van der Waals surface area contributed by atoms with E-state index < -0.39 is 10.0 Å². The lowest BCUT2D eigenvalue weighted by molar-refractivity contribution is 0.305. The van der Waals surface area contributed by atoms with Crippen molar-refractivity contribution in [1.82, 2.24) is 4.72 Å². The Bertz CT molecular complexity index is 876. The quantitative estimate of drug-likeness (QED) is 0.698. The molecule has 1 N–H and O–H groups in total. The Kier molecular flexibility index (Phi) is 5.30. The van der Waals surface area contributed by atoms with E-state index in [1.165, 1.54) is 11.3 Å². The van der Waals surface area contributed by atoms with Crippen LogP contribution in [0.1, 0.15) is 11.1 Å². The van der Waals surface area contributed by atoms with Gasteiger partial charge in [-0.25, -0.2) is 13.1 Å². The summed E-state index contributed by atoms with van der Waals surface area (Å²) >= 11 is 1.20. The SMILES string of the molecule is O=S(=O)(NCc1ccccc1COc1ccccc1)c1cccs1. The highest BCUT2D eigenvalue weighted by Gasteiger charge is 2.15. The molecule has 24 heavy (non-hydrogen) atoms. The molecule has 3 aromatic rings. The van der Waals surface area contributed by atoms with Crippen molar-refractivity contribution >= 4 is 21.4 Å². The first-order chi connectivity index (χ1) is 11.6. The number of rotatable bonds is 7. The van der Waals surface area contributed by atoms with Gasteiger partial charge in [-0.05, 0) is 34.7 Å². The van der Waals surface area contributed by atoms with Crippen LogP contribution in [0.2, 0.25) is 0 Å². The van der Waals surface area contributed by atoms with Gasteiger partial charge in [-0.15, -0.1) is 11.3 Å². The molecule has 0 saturated heterocycles. The fourth-order valence-corrected chi connectivity index (χ4v) is 4.25. The van der Waals surface area contributed by atoms with Crippen molar-refractivity contribution in [2.24, 2.45) is 0 Å². The van der Waals surface area contributed by atoms with Crippen LogP contribution in [0.3, 0.4) is 0 Å². The Labute approximate surface area is 145 Å². The third kappa shape index (κ3) is 4.23. The van der Waals surface area contributed by atoms with Gasteiger partial charge in [-0.1, -0.05) is 48.5 Å². The zero-order chi connectivity index (χ0) is 16.8. The number of nitrogens with one attached hydrogen (secondary N) is 1. The maximum absolute atomic E-state index is 12.2. The Morgan fingerprint density at radius 1 is 0.875 bits per heavy atom. The Morgan fingerprint density at radius 3 is 2.29 bits per heavy atom. The number of hydrogen-bond acceptors (Lipinski definition) is 4. The molecule has 0 aliphatic heterocycles. The zero-order valence-corrected chi connectivity index (χ0v) is 14.5. The summed E-state index contributed by atoms with van der Waals surface area (Å²) < 4.78 is 33.2. The molecular weight excluding hydrogens is 342 g/mol. The fraction of sp³-hybridized carbons (Fsp3) is 0.111. The second-order valence-electron chi connectivity index (χ2n) is 5.13. The second-order valence-corrected chi connectivity index (χ2v) is 8.07. The molecule has 0 bridgehead atoms. The fourth-order valence-electron chi connectivity index (χ4n) is 2.21. The van der Waals surface area contributed by atoms with E-state index in [0.29, 0.717) is 10.8 Å². The third-order valence-corrected chi connectivity index (χ3v) is 6.27. The smallest absolute Gasteiger partial charge is 0.250 e. The minimum atomic E-state index is -3.47. The Hall–Kier alpha value is -2.15. The molecule has 1 heterocycles. The van der Waals surface area contributed by atoms with Gasteiger partial charge in [-0.2, -0.15) is 0 Å². The average molecular weight is 359 g/mol. The van der Waals surface area contributed by atoms with Gasteiger partial charge in [0.1, 0.15) is 16.6 Å². The molecule has 1 aromatic heterocycles. The van der Waals surface area contributed by atoms with Gasteiger partial charge in [0, 0.05) is 6.54 Å². The van der Waals surface area contributed by atoms with Gasteiger partial charge in [0.2, 0.25) is 10.0 Å². The summed E-state index contributed by atoms with van der Waals surface area (Å²) in [5.41, 5.74) is 1.85. The number of ether oxygens (including phenoxy) is 1. The van der Waals surface area contributed by atoms with Gasteiger partial charge < -0.3 is 4.74 Å². The summed E-state index contributed by atoms with van der Waals surface area (Å²) in [5.74, 6) is 0.784. The van der Waals surface area contributed by atoms with Gasteiger partial charge in [0.15, 0.2) is 0 Å². The highest BCUT2D eigenvalue weighted by molar-refractivity contribution is 7.91. The molecule has 0 aliphatic carbocycles. The average Bonchev–Trinajstić information content (AvgIpc) is 3.15. The molecule has 0 atom stereocenters.